The first-order valence-electron chi connectivity index (χ1n) is 0.783. The molecule has 0 spiro atoms. The average Bonchev–Trinajstić information content (AvgIpc) is 0.722. The SMILES string of the molecule is O=P(O)(O)O.[Fe].[H-].[Li+].[Ti]. The zero-order valence-electron chi connectivity index (χ0n) is 5.05. The molecule has 0 saturated carbocycles. The van der Waals surface area contributed by atoms with Crippen LogP contribution in [-0.4, -0.2) is 14.7 Å². The van der Waals surface area contributed by atoms with E-state index in [0.717, 1.165) is 0 Å². The Morgan fingerprint density at radius 3 is 1.25 bits per heavy atom. The average molecular weight is 210 g/mol. The fourth-order valence-corrected chi connectivity index (χ4v) is 0. The summed E-state index contributed by atoms with van der Waals surface area (Å²) in [5.74, 6) is 0. The standard InChI is InChI=1S/Fe.Li.H3O4P.Ti.H/c;;1-5(2,3)4;;/h;;(H3,1,2,3,4);;/q;+1;;;-1. The molecule has 0 fully saturated rings. The molecule has 0 heterocycles. The van der Waals surface area contributed by atoms with Crippen LogP contribution in [0.25, 0.3) is 0 Å². The minimum absolute atomic E-state index is 0. The predicted octanol–water partition coefficient (Wildman–Crippen LogP) is -3.82. The summed E-state index contributed by atoms with van der Waals surface area (Å²) in [6.45, 7) is 0. The van der Waals surface area contributed by atoms with E-state index >= 15 is 0 Å². The Hall–Kier alpha value is 1.94. The summed E-state index contributed by atoms with van der Waals surface area (Å²) in [6, 6.07) is 0. The van der Waals surface area contributed by atoms with Crippen molar-refractivity contribution in [1.82, 2.24) is 0 Å². The van der Waals surface area contributed by atoms with E-state index < -0.39 is 7.82 Å². The summed E-state index contributed by atoms with van der Waals surface area (Å²) in [5.41, 5.74) is 0. The van der Waals surface area contributed by atoms with Crippen LogP contribution in [0, 0.1) is 0 Å². The number of hydrogen-bond acceptors (Lipinski definition) is 1. The number of hydrogen-bond donors (Lipinski definition) is 3. The van der Waals surface area contributed by atoms with Crippen LogP contribution < -0.4 is 18.9 Å². The second-order valence-corrected chi connectivity index (χ2v) is 1.54. The van der Waals surface area contributed by atoms with E-state index in [4.69, 9.17) is 19.2 Å². The zero-order valence-corrected chi connectivity index (χ0v) is 7.61. The molecule has 46 valence electrons. The van der Waals surface area contributed by atoms with Crippen molar-refractivity contribution in [2.45, 2.75) is 0 Å². The van der Waals surface area contributed by atoms with E-state index in [1.165, 1.54) is 0 Å². The van der Waals surface area contributed by atoms with Crippen LogP contribution in [0.4, 0.5) is 0 Å². The van der Waals surface area contributed by atoms with E-state index in [2.05, 4.69) is 0 Å². The van der Waals surface area contributed by atoms with Gasteiger partial charge in [0.15, 0.2) is 0 Å². The van der Waals surface area contributed by atoms with Crippen LogP contribution in [-0.2, 0) is 43.4 Å². The maximum atomic E-state index is 8.88. The molecule has 8 heavy (non-hydrogen) atoms. The van der Waals surface area contributed by atoms with Gasteiger partial charge in [-0.2, -0.15) is 0 Å². The minimum Gasteiger partial charge on any atom is -1.00 e. The molecule has 0 aromatic rings. The summed E-state index contributed by atoms with van der Waals surface area (Å²) < 4.78 is 8.88. The van der Waals surface area contributed by atoms with Crippen LogP contribution in [0.5, 0.6) is 0 Å². The fraction of sp³-hybridized carbons (Fsp3) is 0. The first-order valence-corrected chi connectivity index (χ1v) is 2.35. The van der Waals surface area contributed by atoms with Crippen LogP contribution in [0.15, 0.2) is 0 Å². The van der Waals surface area contributed by atoms with E-state index in [1.54, 1.807) is 0 Å². The Morgan fingerprint density at radius 1 is 1.25 bits per heavy atom. The van der Waals surface area contributed by atoms with Gasteiger partial charge in [-0.3, -0.25) is 0 Å². The third-order valence-electron chi connectivity index (χ3n) is 0. The molecule has 0 saturated heterocycles. The van der Waals surface area contributed by atoms with E-state index in [9.17, 15) is 0 Å². The van der Waals surface area contributed by atoms with E-state index in [0.29, 0.717) is 0 Å². The summed E-state index contributed by atoms with van der Waals surface area (Å²) >= 11 is 0. The molecule has 0 aliphatic heterocycles. The van der Waals surface area contributed by atoms with Crippen molar-refractivity contribution < 1.29 is 78.3 Å². The van der Waals surface area contributed by atoms with Crippen LogP contribution in [0.1, 0.15) is 1.43 Å². The maximum Gasteiger partial charge on any atom is 1.00 e. The van der Waals surface area contributed by atoms with Gasteiger partial charge in [0, 0.05) is 38.8 Å². The molecule has 3 N–H and O–H groups in total. The van der Waals surface area contributed by atoms with Gasteiger partial charge in [-0.05, 0) is 0 Å². The van der Waals surface area contributed by atoms with Gasteiger partial charge in [0.05, 0.1) is 0 Å². The second-order valence-electron chi connectivity index (χ2n) is 0.513. The number of rotatable bonds is 0. The first kappa shape index (κ1) is 22.5. The monoisotopic (exact) mass is 210 g/mol. The molecule has 0 unspecified atom stereocenters. The molecule has 0 radical (unpaired) electrons. The second kappa shape index (κ2) is 8.94. The Labute approximate surface area is 85.7 Å². The smallest absolute Gasteiger partial charge is 1.00 e. The molecule has 8 heteroatoms. The molecule has 0 bridgehead atoms. The van der Waals surface area contributed by atoms with Gasteiger partial charge in [0.2, 0.25) is 0 Å². The zero-order chi connectivity index (χ0) is 4.50. The third-order valence-corrected chi connectivity index (χ3v) is 0. The van der Waals surface area contributed by atoms with Gasteiger partial charge >= 0.3 is 26.7 Å². The molecular weight excluding hydrogens is 206 g/mol. The molecule has 4 nitrogen and oxygen atoms in total. The number of phosphoric acid groups is 1. The van der Waals surface area contributed by atoms with Crippen LogP contribution >= 0.6 is 7.82 Å². The fourth-order valence-electron chi connectivity index (χ4n) is 0. The Balaban J connectivity index is -0.0000000133. The third kappa shape index (κ3) is 102. The van der Waals surface area contributed by atoms with Gasteiger partial charge in [-0.1, -0.05) is 0 Å². The summed E-state index contributed by atoms with van der Waals surface area (Å²) in [5, 5.41) is 0. The quantitative estimate of drug-likeness (QED) is 0.282. The van der Waals surface area contributed by atoms with Crippen molar-refractivity contribution in [2.75, 3.05) is 0 Å². The van der Waals surface area contributed by atoms with Crippen LogP contribution in [0.2, 0.25) is 0 Å². The Bertz CT molecular complexity index is 66.7. The molecule has 0 atom stereocenters. The van der Waals surface area contributed by atoms with Crippen molar-refractivity contribution in [2.24, 2.45) is 0 Å². The summed E-state index contributed by atoms with van der Waals surface area (Å²) in [6.07, 6.45) is 0. The van der Waals surface area contributed by atoms with Crippen molar-refractivity contribution in [1.29, 1.82) is 0 Å². The van der Waals surface area contributed by atoms with Gasteiger partial charge in [0.25, 0.3) is 0 Å². The molecule has 0 aromatic carbocycles. The predicted molar refractivity (Wildman–Crippen MR) is 15.4 cm³/mol. The van der Waals surface area contributed by atoms with Gasteiger partial charge in [-0.25, -0.2) is 4.57 Å². The van der Waals surface area contributed by atoms with Gasteiger partial charge in [0.1, 0.15) is 0 Å². The minimum atomic E-state index is -4.64. The van der Waals surface area contributed by atoms with E-state index in [1.807, 2.05) is 0 Å². The molecule has 0 aromatic heterocycles. The molecule has 0 aliphatic carbocycles. The Kier molecular flexibility index (Phi) is 25.2. The van der Waals surface area contributed by atoms with Crippen LogP contribution in [0.3, 0.4) is 0 Å². The first-order chi connectivity index (χ1) is 2.00. The van der Waals surface area contributed by atoms with Crippen molar-refractivity contribution >= 4 is 7.82 Å². The molecular formula is H4FeLiO4PTi. The summed E-state index contributed by atoms with van der Waals surface area (Å²) in [7, 11) is -4.64. The summed E-state index contributed by atoms with van der Waals surface area (Å²) in [4.78, 5) is 21.6. The van der Waals surface area contributed by atoms with Crippen molar-refractivity contribution in [3.63, 3.8) is 0 Å². The molecule has 0 rings (SSSR count). The topological polar surface area (TPSA) is 77.8 Å². The molecule has 0 aliphatic rings. The Morgan fingerprint density at radius 2 is 1.25 bits per heavy atom. The molecule has 0 amide bonds. The van der Waals surface area contributed by atoms with E-state index in [-0.39, 0.29) is 59.1 Å². The van der Waals surface area contributed by atoms with Gasteiger partial charge < -0.3 is 16.1 Å². The maximum absolute atomic E-state index is 8.88. The van der Waals surface area contributed by atoms with Gasteiger partial charge in [-0.15, -0.1) is 0 Å². The largest absolute Gasteiger partial charge is 1.00 e. The van der Waals surface area contributed by atoms with Crippen molar-refractivity contribution in [3.8, 4) is 0 Å². The van der Waals surface area contributed by atoms with Crippen molar-refractivity contribution in [3.05, 3.63) is 0 Å². The normalized spacial score (nSPS) is 7.38.